The predicted octanol–water partition coefficient (Wildman–Crippen LogP) is 2.86. The van der Waals surface area contributed by atoms with Gasteiger partial charge < -0.3 is 10.6 Å². The van der Waals surface area contributed by atoms with Crippen LogP contribution in [0.5, 0.6) is 0 Å². The Morgan fingerprint density at radius 2 is 2.07 bits per heavy atom. The topological polar surface area (TPSA) is 87.2 Å². The Morgan fingerprint density at radius 3 is 2.90 bits per heavy atom. The quantitative estimate of drug-likeness (QED) is 0.679. The van der Waals surface area contributed by atoms with E-state index in [1.54, 1.807) is 30.7 Å². The van der Waals surface area contributed by atoms with Crippen LogP contribution in [0.2, 0.25) is 0 Å². The fourth-order valence-electron chi connectivity index (χ4n) is 3.38. The van der Waals surface area contributed by atoms with E-state index in [1.807, 2.05) is 37.4 Å². The Kier molecular flexibility index (Phi) is 5.31. The second-order valence-electron chi connectivity index (χ2n) is 7.12. The van der Waals surface area contributed by atoms with E-state index >= 15 is 0 Å². The molecule has 7 nitrogen and oxygen atoms in total. The van der Waals surface area contributed by atoms with Gasteiger partial charge in [0.1, 0.15) is 0 Å². The molecule has 0 radical (unpaired) electrons. The Labute approximate surface area is 168 Å². The highest BCUT2D eigenvalue weighted by molar-refractivity contribution is 6.05. The minimum Gasteiger partial charge on any atom is -0.326 e. The van der Waals surface area contributed by atoms with Crippen molar-refractivity contribution in [3.05, 3.63) is 83.4 Å². The van der Waals surface area contributed by atoms with E-state index in [2.05, 4.69) is 25.5 Å². The van der Waals surface area contributed by atoms with E-state index in [4.69, 9.17) is 0 Å². The maximum Gasteiger partial charge on any atom is 0.255 e. The van der Waals surface area contributed by atoms with E-state index in [-0.39, 0.29) is 11.8 Å². The maximum absolute atomic E-state index is 12.7. The van der Waals surface area contributed by atoms with Crippen molar-refractivity contribution in [3.8, 4) is 0 Å². The van der Waals surface area contributed by atoms with Gasteiger partial charge in [-0.25, -0.2) is 0 Å². The van der Waals surface area contributed by atoms with Crippen LogP contribution in [0.4, 0.5) is 11.4 Å². The molecule has 2 aromatic carbocycles. The number of carbonyl (C=O) groups is 2. The van der Waals surface area contributed by atoms with Crippen LogP contribution in [-0.2, 0) is 24.3 Å². The van der Waals surface area contributed by atoms with Gasteiger partial charge in [0, 0.05) is 48.6 Å². The number of rotatable bonds is 6. The van der Waals surface area contributed by atoms with Gasteiger partial charge in [0.15, 0.2) is 0 Å². The molecular formula is C22H21N5O2. The van der Waals surface area contributed by atoms with E-state index in [1.165, 1.54) is 0 Å². The maximum atomic E-state index is 12.7. The Hall–Kier alpha value is -3.58. The lowest BCUT2D eigenvalue weighted by atomic mass is 10.1. The van der Waals surface area contributed by atoms with Gasteiger partial charge in [0.25, 0.3) is 5.91 Å². The number of hydrogen-bond acceptors (Lipinski definition) is 5. The number of hydrogen-bond donors (Lipinski definition) is 2. The molecule has 0 saturated heterocycles. The second-order valence-corrected chi connectivity index (χ2v) is 7.12. The smallest absolute Gasteiger partial charge is 0.255 e. The van der Waals surface area contributed by atoms with Gasteiger partial charge in [-0.3, -0.25) is 24.5 Å². The summed E-state index contributed by atoms with van der Waals surface area (Å²) in [5, 5.41) is 5.70. The molecule has 1 aliphatic rings. The molecule has 0 atom stereocenters. The molecular weight excluding hydrogens is 366 g/mol. The third-order valence-corrected chi connectivity index (χ3v) is 4.68. The summed E-state index contributed by atoms with van der Waals surface area (Å²) in [5.74, 6) is -0.206. The van der Waals surface area contributed by atoms with Crippen LogP contribution in [0.1, 0.15) is 27.2 Å². The van der Waals surface area contributed by atoms with Crippen LogP contribution >= 0.6 is 0 Å². The molecule has 0 saturated carbocycles. The lowest BCUT2D eigenvalue weighted by molar-refractivity contribution is -0.115. The zero-order valence-electron chi connectivity index (χ0n) is 16.1. The molecule has 1 aromatic heterocycles. The monoisotopic (exact) mass is 387 g/mol. The number of carbonyl (C=O) groups excluding carboxylic acids is 2. The first-order valence-electron chi connectivity index (χ1n) is 9.33. The summed E-state index contributed by atoms with van der Waals surface area (Å²) < 4.78 is 0. The molecule has 0 fully saturated rings. The number of fused-ring (bicyclic) bond motifs is 1. The fraction of sp³-hybridized carbons (Fsp3) is 0.182. The third-order valence-electron chi connectivity index (χ3n) is 4.68. The van der Waals surface area contributed by atoms with Crippen LogP contribution in [-0.4, -0.2) is 33.7 Å². The molecule has 0 spiro atoms. The lowest BCUT2D eigenvalue weighted by Gasteiger charge is -2.16. The van der Waals surface area contributed by atoms with E-state index in [0.717, 1.165) is 22.5 Å². The minimum atomic E-state index is -0.180. The van der Waals surface area contributed by atoms with Gasteiger partial charge in [0.05, 0.1) is 12.1 Å². The van der Waals surface area contributed by atoms with Gasteiger partial charge in [-0.05, 0) is 48.5 Å². The Morgan fingerprint density at radius 1 is 1.17 bits per heavy atom. The summed E-state index contributed by atoms with van der Waals surface area (Å²) in [6, 6.07) is 13.0. The first-order chi connectivity index (χ1) is 14.1. The molecule has 7 heteroatoms. The highest BCUT2D eigenvalue weighted by Crippen LogP contribution is 2.26. The van der Waals surface area contributed by atoms with Crippen molar-refractivity contribution in [3.63, 3.8) is 0 Å². The van der Waals surface area contributed by atoms with Crippen molar-refractivity contribution in [1.29, 1.82) is 0 Å². The molecule has 2 amide bonds. The van der Waals surface area contributed by atoms with Crippen LogP contribution < -0.4 is 10.6 Å². The van der Waals surface area contributed by atoms with Gasteiger partial charge in [-0.15, -0.1) is 0 Å². The summed E-state index contributed by atoms with van der Waals surface area (Å²) >= 11 is 0. The molecule has 4 rings (SSSR count). The number of aromatic nitrogens is 2. The standard InChI is InChI=1S/C22H21N5O2/c1-27(14-19-12-23-7-8-24-19)13-15-3-2-4-16(9-15)22(29)25-18-5-6-20-17(10-18)11-21(28)26-20/h2-10,12H,11,13-14H2,1H3,(H,25,29)(H,26,28). The number of nitrogens with zero attached hydrogens (tertiary/aromatic N) is 3. The van der Waals surface area contributed by atoms with E-state index in [9.17, 15) is 9.59 Å². The van der Waals surface area contributed by atoms with Crippen molar-refractivity contribution in [1.82, 2.24) is 14.9 Å². The summed E-state index contributed by atoms with van der Waals surface area (Å²) in [6.45, 7) is 1.36. The molecule has 0 bridgehead atoms. The van der Waals surface area contributed by atoms with Crippen molar-refractivity contribution >= 4 is 23.2 Å². The third kappa shape index (κ3) is 4.64. The summed E-state index contributed by atoms with van der Waals surface area (Å²) in [4.78, 5) is 34.7. The van der Waals surface area contributed by atoms with Crippen molar-refractivity contribution in [2.45, 2.75) is 19.5 Å². The molecule has 0 unspecified atom stereocenters. The molecule has 3 aromatic rings. The molecule has 2 heterocycles. The molecule has 2 N–H and O–H groups in total. The summed E-state index contributed by atoms with van der Waals surface area (Å²) in [6.07, 6.45) is 5.42. The Balaban J connectivity index is 1.41. The number of amides is 2. The SMILES string of the molecule is CN(Cc1cccc(C(=O)Nc2ccc3c(c2)CC(=O)N3)c1)Cc1cnccn1. The van der Waals surface area contributed by atoms with Crippen LogP contribution in [0.25, 0.3) is 0 Å². The van der Waals surface area contributed by atoms with Crippen molar-refractivity contribution in [2.75, 3.05) is 17.7 Å². The Bertz CT molecular complexity index is 1050. The highest BCUT2D eigenvalue weighted by atomic mass is 16.2. The van der Waals surface area contributed by atoms with Gasteiger partial charge in [0.2, 0.25) is 5.91 Å². The van der Waals surface area contributed by atoms with E-state index in [0.29, 0.717) is 30.8 Å². The summed E-state index contributed by atoms with van der Waals surface area (Å²) in [7, 11) is 2.00. The highest BCUT2D eigenvalue weighted by Gasteiger charge is 2.18. The van der Waals surface area contributed by atoms with Crippen molar-refractivity contribution in [2.24, 2.45) is 0 Å². The normalized spacial score (nSPS) is 12.6. The minimum absolute atomic E-state index is 0.0261. The van der Waals surface area contributed by atoms with Crippen LogP contribution in [0.15, 0.2) is 61.1 Å². The largest absolute Gasteiger partial charge is 0.326 e. The van der Waals surface area contributed by atoms with Crippen LogP contribution in [0, 0.1) is 0 Å². The predicted molar refractivity (Wildman–Crippen MR) is 110 cm³/mol. The lowest BCUT2D eigenvalue weighted by Crippen LogP contribution is -2.19. The van der Waals surface area contributed by atoms with E-state index < -0.39 is 0 Å². The first-order valence-corrected chi connectivity index (χ1v) is 9.33. The number of anilines is 2. The molecule has 0 aliphatic carbocycles. The summed E-state index contributed by atoms with van der Waals surface area (Å²) in [5.41, 5.74) is 4.90. The molecule has 29 heavy (non-hydrogen) atoms. The van der Waals surface area contributed by atoms with Gasteiger partial charge in [-0.1, -0.05) is 12.1 Å². The van der Waals surface area contributed by atoms with Gasteiger partial charge >= 0.3 is 0 Å². The van der Waals surface area contributed by atoms with Gasteiger partial charge in [-0.2, -0.15) is 0 Å². The fourth-order valence-corrected chi connectivity index (χ4v) is 3.38. The second kappa shape index (κ2) is 8.20. The first kappa shape index (κ1) is 18.8. The number of benzene rings is 2. The average molecular weight is 387 g/mol. The van der Waals surface area contributed by atoms with Crippen molar-refractivity contribution < 1.29 is 9.59 Å². The molecule has 1 aliphatic heterocycles. The number of nitrogens with one attached hydrogen (secondary N) is 2. The van der Waals surface area contributed by atoms with Crippen LogP contribution in [0.3, 0.4) is 0 Å². The average Bonchev–Trinajstić information content (AvgIpc) is 3.08. The zero-order chi connectivity index (χ0) is 20.2. The zero-order valence-corrected chi connectivity index (χ0v) is 16.1. The molecule has 146 valence electrons.